The first-order valence-electron chi connectivity index (χ1n) is 6.72. The van der Waals surface area contributed by atoms with Gasteiger partial charge in [-0.15, -0.1) is 0 Å². The standard InChI is InChI=1S/C13H25NO2S/c1-3-10-7-5-6-8-12(10)17-9-11(14)13(15)16-4-2/h10-12H,3-9,14H2,1-2H3. The predicted molar refractivity (Wildman–Crippen MR) is 73.1 cm³/mol. The van der Waals surface area contributed by atoms with E-state index in [0.29, 0.717) is 17.6 Å². The van der Waals surface area contributed by atoms with Gasteiger partial charge in [-0.3, -0.25) is 4.79 Å². The quantitative estimate of drug-likeness (QED) is 0.745. The van der Waals surface area contributed by atoms with Crippen LogP contribution < -0.4 is 5.73 Å². The van der Waals surface area contributed by atoms with Crippen molar-refractivity contribution in [1.82, 2.24) is 0 Å². The maximum atomic E-state index is 11.4. The molecule has 1 aliphatic rings. The van der Waals surface area contributed by atoms with Gasteiger partial charge in [0.15, 0.2) is 0 Å². The number of ether oxygens (including phenoxy) is 1. The molecule has 1 rings (SSSR count). The van der Waals surface area contributed by atoms with Crippen LogP contribution in [-0.4, -0.2) is 29.6 Å². The summed E-state index contributed by atoms with van der Waals surface area (Å²) in [5.74, 6) is 1.24. The highest BCUT2D eigenvalue weighted by atomic mass is 32.2. The highest BCUT2D eigenvalue weighted by molar-refractivity contribution is 8.00. The lowest BCUT2D eigenvalue weighted by atomic mass is 9.87. The zero-order chi connectivity index (χ0) is 12.7. The lowest BCUT2D eigenvalue weighted by Crippen LogP contribution is -2.36. The second kappa shape index (κ2) is 7.98. The average molecular weight is 259 g/mol. The molecule has 0 radical (unpaired) electrons. The summed E-state index contributed by atoms with van der Waals surface area (Å²) in [4.78, 5) is 11.4. The fourth-order valence-electron chi connectivity index (χ4n) is 2.40. The molecule has 4 heteroatoms. The number of rotatable bonds is 6. The summed E-state index contributed by atoms with van der Waals surface area (Å²) in [5.41, 5.74) is 5.81. The van der Waals surface area contributed by atoms with E-state index in [2.05, 4.69) is 6.92 Å². The van der Waals surface area contributed by atoms with Gasteiger partial charge in [0.25, 0.3) is 0 Å². The molecule has 0 saturated heterocycles. The Hall–Kier alpha value is -0.220. The van der Waals surface area contributed by atoms with Crippen LogP contribution in [0.4, 0.5) is 0 Å². The monoisotopic (exact) mass is 259 g/mol. The number of carbonyl (C=O) groups is 1. The van der Waals surface area contributed by atoms with Gasteiger partial charge in [-0.2, -0.15) is 11.8 Å². The number of hydrogen-bond donors (Lipinski definition) is 1. The predicted octanol–water partition coefficient (Wildman–Crippen LogP) is 2.58. The molecular formula is C13H25NO2S. The van der Waals surface area contributed by atoms with Crippen LogP contribution in [0, 0.1) is 5.92 Å². The molecule has 3 nitrogen and oxygen atoms in total. The Morgan fingerprint density at radius 2 is 2.12 bits per heavy atom. The number of carbonyl (C=O) groups excluding carboxylic acids is 1. The SMILES string of the molecule is CCOC(=O)C(N)CSC1CCCCC1CC. The van der Waals surface area contributed by atoms with Crippen molar-refractivity contribution in [2.24, 2.45) is 11.7 Å². The molecule has 3 atom stereocenters. The van der Waals surface area contributed by atoms with E-state index < -0.39 is 6.04 Å². The van der Waals surface area contributed by atoms with Gasteiger partial charge in [-0.05, 0) is 25.7 Å². The van der Waals surface area contributed by atoms with Crippen molar-refractivity contribution >= 4 is 17.7 Å². The van der Waals surface area contributed by atoms with Gasteiger partial charge in [-0.25, -0.2) is 0 Å². The van der Waals surface area contributed by atoms with Crippen molar-refractivity contribution in [3.05, 3.63) is 0 Å². The van der Waals surface area contributed by atoms with Crippen molar-refractivity contribution in [2.45, 2.75) is 57.2 Å². The molecule has 1 aliphatic carbocycles. The minimum absolute atomic E-state index is 0.260. The van der Waals surface area contributed by atoms with Crippen molar-refractivity contribution in [3.8, 4) is 0 Å². The van der Waals surface area contributed by atoms with E-state index >= 15 is 0 Å². The summed E-state index contributed by atoms with van der Waals surface area (Å²) >= 11 is 1.87. The number of nitrogens with two attached hydrogens (primary N) is 1. The Balaban J connectivity index is 2.30. The van der Waals surface area contributed by atoms with Crippen LogP contribution in [0.2, 0.25) is 0 Å². The van der Waals surface area contributed by atoms with Crippen LogP contribution in [0.3, 0.4) is 0 Å². The first-order valence-corrected chi connectivity index (χ1v) is 7.77. The van der Waals surface area contributed by atoms with Crippen LogP contribution in [0.1, 0.15) is 46.0 Å². The third-order valence-corrected chi connectivity index (χ3v) is 5.04. The highest BCUT2D eigenvalue weighted by Crippen LogP contribution is 2.35. The molecule has 1 fully saturated rings. The third kappa shape index (κ3) is 4.88. The van der Waals surface area contributed by atoms with E-state index in [0.717, 1.165) is 5.92 Å². The Kier molecular flexibility index (Phi) is 6.97. The van der Waals surface area contributed by atoms with E-state index in [-0.39, 0.29) is 5.97 Å². The summed E-state index contributed by atoms with van der Waals surface area (Å²) < 4.78 is 4.92. The van der Waals surface area contributed by atoms with E-state index in [4.69, 9.17) is 10.5 Å². The largest absolute Gasteiger partial charge is 0.465 e. The number of thioether (sulfide) groups is 1. The van der Waals surface area contributed by atoms with Gasteiger partial charge in [0.05, 0.1) is 6.61 Å². The summed E-state index contributed by atoms with van der Waals surface area (Å²) in [5, 5.41) is 0.689. The van der Waals surface area contributed by atoms with Crippen molar-refractivity contribution in [3.63, 3.8) is 0 Å². The van der Waals surface area contributed by atoms with Gasteiger partial charge >= 0.3 is 5.97 Å². The molecule has 3 unspecified atom stereocenters. The van der Waals surface area contributed by atoms with Crippen LogP contribution >= 0.6 is 11.8 Å². The van der Waals surface area contributed by atoms with E-state index in [1.54, 1.807) is 0 Å². The fraction of sp³-hybridized carbons (Fsp3) is 0.923. The van der Waals surface area contributed by atoms with Gasteiger partial charge in [-0.1, -0.05) is 26.2 Å². The summed E-state index contributed by atoms with van der Waals surface area (Å²) in [6.07, 6.45) is 6.54. The minimum atomic E-state index is -0.459. The van der Waals surface area contributed by atoms with Crippen LogP contribution in [0.15, 0.2) is 0 Å². The lowest BCUT2D eigenvalue weighted by molar-refractivity contribution is -0.144. The molecule has 2 N–H and O–H groups in total. The second-order valence-corrected chi connectivity index (χ2v) is 5.96. The molecule has 0 bridgehead atoms. The average Bonchev–Trinajstić information content (AvgIpc) is 2.36. The normalized spacial score (nSPS) is 26.5. The Bertz CT molecular complexity index is 235. The molecule has 1 saturated carbocycles. The zero-order valence-electron chi connectivity index (χ0n) is 11.0. The summed E-state index contributed by atoms with van der Waals surface area (Å²) in [6.45, 7) is 4.49. The summed E-state index contributed by atoms with van der Waals surface area (Å²) in [7, 11) is 0. The Morgan fingerprint density at radius 3 is 2.76 bits per heavy atom. The number of esters is 1. The first-order chi connectivity index (χ1) is 8.19. The molecule has 0 aromatic rings. The second-order valence-electron chi connectivity index (χ2n) is 4.68. The fourth-order valence-corrected chi connectivity index (χ4v) is 3.93. The minimum Gasteiger partial charge on any atom is -0.465 e. The van der Waals surface area contributed by atoms with Gasteiger partial charge in [0, 0.05) is 11.0 Å². The van der Waals surface area contributed by atoms with Crippen molar-refractivity contribution in [2.75, 3.05) is 12.4 Å². The maximum absolute atomic E-state index is 11.4. The van der Waals surface area contributed by atoms with E-state index in [9.17, 15) is 4.79 Å². The molecule has 0 heterocycles. The molecule has 17 heavy (non-hydrogen) atoms. The smallest absolute Gasteiger partial charge is 0.323 e. The van der Waals surface area contributed by atoms with Crippen LogP contribution in [0.5, 0.6) is 0 Å². The van der Waals surface area contributed by atoms with Gasteiger partial charge in [0.1, 0.15) is 6.04 Å². The first kappa shape index (κ1) is 14.8. The Labute approximate surface area is 109 Å². The molecular weight excluding hydrogens is 234 g/mol. The highest BCUT2D eigenvalue weighted by Gasteiger charge is 2.25. The van der Waals surface area contributed by atoms with Crippen LogP contribution in [0.25, 0.3) is 0 Å². The molecule has 0 spiro atoms. The van der Waals surface area contributed by atoms with Crippen LogP contribution in [-0.2, 0) is 9.53 Å². The molecule has 0 aliphatic heterocycles. The van der Waals surface area contributed by atoms with Gasteiger partial charge < -0.3 is 10.5 Å². The topological polar surface area (TPSA) is 52.3 Å². The molecule has 100 valence electrons. The Morgan fingerprint density at radius 1 is 1.41 bits per heavy atom. The molecule has 0 amide bonds. The third-order valence-electron chi connectivity index (χ3n) is 3.44. The van der Waals surface area contributed by atoms with Crippen molar-refractivity contribution < 1.29 is 9.53 Å². The zero-order valence-corrected chi connectivity index (χ0v) is 11.8. The van der Waals surface area contributed by atoms with E-state index in [1.807, 2.05) is 18.7 Å². The molecule has 0 aromatic carbocycles. The maximum Gasteiger partial charge on any atom is 0.323 e. The van der Waals surface area contributed by atoms with Gasteiger partial charge in [0.2, 0.25) is 0 Å². The van der Waals surface area contributed by atoms with E-state index in [1.165, 1.54) is 32.1 Å². The molecule has 0 aromatic heterocycles. The summed E-state index contributed by atoms with van der Waals surface area (Å²) in [6, 6.07) is -0.459. The number of hydrogen-bond acceptors (Lipinski definition) is 4. The lowest BCUT2D eigenvalue weighted by Gasteiger charge is -2.30. The van der Waals surface area contributed by atoms with Crippen molar-refractivity contribution in [1.29, 1.82) is 0 Å².